The SMILES string of the molecule is C[C@H](C(=O)N1CCC(CNS(=O)(=O)Cc2ccccc2)CC1)N1CC[C@H](N(C)S(=O)(=O)c2ccc3cc(Cl)ccc3c2)C1=O. The standard InChI is InChI=1S/C31H37ClN4O6S2/c1-22(30(37)35-15-12-23(13-16-35)20-33-43(39,40)21-24-6-4-3-5-7-24)36-17-14-29(31(36)38)34(2)44(41,42)28-11-9-25-18-27(32)10-8-26(25)19-28/h3-11,18-19,22-23,29,33H,12-17,20-21H2,1-2H3/t22-,29+/m1/s1. The zero-order valence-corrected chi connectivity index (χ0v) is 27.1. The molecule has 0 aromatic heterocycles. The zero-order chi connectivity index (χ0) is 31.6. The van der Waals surface area contributed by atoms with Crippen molar-refractivity contribution in [2.75, 3.05) is 33.2 Å². The van der Waals surface area contributed by atoms with Crippen LogP contribution in [0.1, 0.15) is 31.7 Å². The lowest BCUT2D eigenvalue weighted by molar-refractivity contribution is -0.144. The van der Waals surface area contributed by atoms with E-state index in [0.717, 1.165) is 20.6 Å². The third kappa shape index (κ3) is 7.10. The van der Waals surface area contributed by atoms with E-state index in [2.05, 4.69) is 4.72 Å². The number of benzene rings is 3. The van der Waals surface area contributed by atoms with Gasteiger partial charge < -0.3 is 9.80 Å². The highest BCUT2D eigenvalue weighted by Gasteiger charge is 2.43. The number of carbonyl (C=O) groups is 2. The molecule has 0 aliphatic carbocycles. The monoisotopic (exact) mass is 660 g/mol. The quantitative estimate of drug-likeness (QED) is 0.355. The summed E-state index contributed by atoms with van der Waals surface area (Å²) in [7, 11) is -6.05. The van der Waals surface area contributed by atoms with Crippen LogP contribution in [0.25, 0.3) is 10.8 Å². The minimum absolute atomic E-state index is 0.0791. The Morgan fingerprint density at radius 2 is 1.61 bits per heavy atom. The van der Waals surface area contributed by atoms with Crippen molar-refractivity contribution in [3.05, 3.63) is 77.3 Å². The summed E-state index contributed by atoms with van der Waals surface area (Å²) in [4.78, 5) is 30.1. The van der Waals surface area contributed by atoms with Crippen molar-refractivity contribution in [1.82, 2.24) is 18.8 Å². The zero-order valence-electron chi connectivity index (χ0n) is 24.7. The molecule has 2 atom stereocenters. The first-order valence-electron chi connectivity index (χ1n) is 14.6. The average molecular weight is 661 g/mol. The lowest BCUT2D eigenvalue weighted by Crippen LogP contribution is -2.52. The van der Waals surface area contributed by atoms with Gasteiger partial charge in [0.1, 0.15) is 12.1 Å². The first-order valence-corrected chi connectivity index (χ1v) is 18.1. The second-order valence-electron chi connectivity index (χ2n) is 11.5. The van der Waals surface area contributed by atoms with Gasteiger partial charge in [0.05, 0.1) is 10.6 Å². The first kappa shape index (κ1) is 32.4. The van der Waals surface area contributed by atoms with Crippen LogP contribution in [-0.4, -0.2) is 88.1 Å². The summed E-state index contributed by atoms with van der Waals surface area (Å²) in [6, 6.07) is 17.3. The molecule has 13 heteroatoms. The van der Waals surface area contributed by atoms with E-state index in [9.17, 15) is 26.4 Å². The van der Waals surface area contributed by atoms with Gasteiger partial charge in [0.2, 0.25) is 31.9 Å². The van der Waals surface area contributed by atoms with Crippen molar-refractivity contribution in [3.63, 3.8) is 0 Å². The van der Waals surface area contributed by atoms with E-state index in [4.69, 9.17) is 11.6 Å². The molecule has 2 amide bonds. The number of rotatable bonds is 10. The second kappa shape index (κ2) is 13.1. The van der Waals surface area contributed by atoms with Gasteiger partial charge in [0, 0.05) is 38.2 Å². The number of piperidine rings is 1. The second-order valence-corrected chi connectivity index (χ2v) is 15.8. The average Bonchev–Trinajstić information content (AvgIpc) is 3.39. The molecule has 2 heterocycles. The van der Waals surface area contributed by atoms with Gasteiger partial charge in [-0.1, -0.05) is 54.1 Å². The number of likely N-dealkylation sites (tertiary alicyclic amines) is 2. The van der Waals surface area contributed by atoms with Crippen molar-refractivity contribution in [1.29, 1.82) is 0 Å². The number of hydrogen-bond acceptors (Lipinski definition) is 6. The highest BCUT2D eigenvalue weighted by atomic mass is 35.5. The molecule has 3 aromatic carbocycles. The molecule has 0 unspecified atom stereocenters. The number of amides is 2. The summed E-state index contributed by atoms with van der Waals surface area (Å²) >= 11 is 6.05. The minimum atomic E-state index is -3.98. The number of carbonyl (C=O) groups excluding carboxylic acids is 2. The number of nitrogens with one attached hydrogen (secondary N) is 1. The van der Waals surface area contributed by atoms with Crippen molar-refractivity contribution in [3.8, 4) is 0 Å². The summed E-state index contributed by atoms with van der Waals surface area (Å²) in [5.74, 6) is -0.571. The van der Waals surface area contributed by atoms with Crippen LogP contribution in [0.2, 0.25) is 5.02 Å². The molecule has 2 aliphatic heterocycles. The van der Waals surface area contributed by atoms with Gasteiger partial charge in [0.25, 0.3) is 0 Å². The number of nitrogens with zero attached hydrogens (tertiary/aromatic N) is 3. The summed E-state index contributed by atoms with van der Waals surface area (Å²) in [5.41, 5.74) is 0.719. The van der Waals surface area contributed by atoms with Crippen LogP contribution >= 0.6 is 11.6 Å². The predicted molar refractivity (Wildman–Crippen MR) is 170 cm³/mol. The number of hydrogen-bond donors (Lipinski definition) is 1. The van der Waals surface area contributed by atoms with E-state index in [-0.39, 0.29) is 35.4 Å². The van der Waals surface area contributed by atoms with E-state index >= 15 is 0 Å². The first-order chi connectivity index (χ1) is 20.9. The third-order valence-electron chi connectivity index (χ3n) is 8.64. The van der Waals surface area contributed by atoms with E-state index in [1.165, 1.54) is 18.0 Å². The highest BCUT2D eigenvalue weighted by molar-refractivity contribution is 7.89. The van der Waals surface area contributed by atoms with E-state index in [0.29, 0.717) is 37.5 Å². The fraction of sp³-hybridized carbons (Fsp3) is 0.419. The predicted octanol–water partition coefficient (Wildman–Crippen LogP) is 3.46. The van der Waals surface area contributed by atoms with Crippen LogP contribution in [0, 0.1) is 5.92 Å². The van der Waals surface area contributed by atoms with Gasteiger partial charge in [-0.3, -0.25) is 9.59 Å². The Bertz CT molecular complexity index is 1750. The molecule has 10 nitrogen and oxygen atoms in total. The number of sulfonamides is 2. The molecule has 0 spiro atoms. The molecule has 44 heavy (non-hydrogen) atoms. The van der Waals surface area contributed by atoms with E-state index in [1.54, 1.807) is 66.4 Å². The van der Waals surface area contributed by atoms with Gasteiger partial charge in [-0.05, 0) is 72.7 Å². The van der Waals surface area contributed by atoms with Crippen molar-refractivity contribution < 1.29 is 26.4 Å². The van der Waals surface area contributed by atoms with Crippen LogP contribution in [0.3, 0.4) is 0 Å². The molecule has 2 saturated heterocycles. The van der Waals surface area contributed by atoms with Crippen LogP contribution in [0.15, 0.2) is 71.6 Å². The largest absolute Gasteiger partial charge is 0.341 e. The van der Waals surface area contributed by atoms with Gasteiger partial charge in [-0.2, -0.15) is 4.31 Å². The molecule has 0 radical (unpaired) electrons. The van der Waals surface area contributed by atoms with Crippen molar-refractivity contribution >= 4 is 54.2 Å². The Balaban J connectivity index is 1.14. The molecule has 3 aromatic rings. The number of fused-ring (bicyclic) bond motifs is 1. The Morgan fingerprint density at radius 3 is 2.32 bits per heavy atom. The molecule has 1 N–H and O–H groups in total. The van der Waals surface area contributed by atoms with Crippen LogP contribution < -0.4 is 4.72 Å². The Labute approximate surface area is 264 Å². The lowest BCUT2D eigenvalue weighted by Gasteiger charge is -2.36. The molecule has 236 valence electrons. The summed E-state index contributed by atoms with van der Waals surface area (Å²) < 4.78 is 55.8. The van der Waals surface area contributed by atoms with Gasteiger partial charge in [-0.25, -0.2) is 21.6 Å². The van der Waals surface area contributed by atoms with Crippen molar-refractivity contribution in [2.24, 2.45) is 5.92 Å². The molecule has 0 bridgehead atoms. The molecule has 2 fully saturated rings. The van der Waals surface area contributed by atoms with Gasteiger partial charge in [-0.15, -0.1) is 0 Å². The molecule has 5 rings (SSSR count). The molecular formula is C31H37ClN4O6S2. The maximum Gasteiger partial charge on any atom is 0.245 e. The number of halogens is 1. The van der Waals surface area contributed by atoms with Crippen molar-refractivity contribution in [2.45, 2.75) is 48.9 Å². The summed E-state index contributed by atoms with van der Waals surface area (Å²) in [5, 5.41) is 2.08. The molecular weight excluding hydrogens is 624 g/mol. The van der Waals surface area contributed by atoms with E-state index in [1.807, 2.05) is 6.07 Å². The topological polar surface area (TPSA) is 124 Å². The fourth-order valence-corrected chi connectivity index (χ4v) is 8.72. The van der Waals surface area contributed by atoms with Gasteiger partial charge >= 0.3 is 0 Å². The van der Waals surface area contributed by atoms with Crippen LogP contribution in [0.5, 0.6) is 0 Å². The summed E-state index contributed by atoms with van der Waals surface area (Å²) in [6.45, 7) is 3.18. The minimum Gasteiger partial charge on any atom is -0.341 e. The Hall–Kier alpha value is -3.03. The summed E-state index contributed by atoms with van der Waals surface area (Å²) in [6.07, 6.45) is 1.56. The maximum atomic E-state index is 13.5. The fourth-order valence-electron chi connectivity index (χ4n) is 5.94. The highest BCUT2D eigenvalue weighted by Crippen LogP contribution is 2.28. The Morgan fingerprint density at radius 1 is 0.955 bits per heavy atom. The Kier molecular flexibility index (Phi) is 9.66. The lowest BCUT2D eigenvalue weighted by atomic mass is 9.96. The maximum absolute atomic E-state index is 13.5. The van der Waals surface area contributed by atoms with Gasteiger partial charge in [0.15, 0.2) is 0 Å². The number of likely N-dealkylation sites (N-methyl/N-ethyl adjacent to an activating group) is 1. The molecule has 2 aliphatic rings. The van der Waals surface area contributed by atoms with Crippen LogP contribution in [-0.2, 0) is 35.4 Å². The smallest absolute Gasteiger partial charge is 0.245 e. The van der Waals surface area contributed by atoms with E-state index < -0.39 is 38.0 Å². The normalized spacial score (nSPS) is 19.2. The third-order valence-corrected chi connectivity index (χ3v) is 12.1. The molecule has 0 saturated carbocycles. The van der Waals surface area contributed by atoms with Crippen LogP contribution in [0.4, 0.5) is 0 Å².